The summed E-state index contributed by atoms with van der Waals surface area (Å²) in [6.07, 6.45) is 3.90. The molecule has 0 aromatic rings. The maximum atomic E-state index is 4.07. The lowest BCUT2D eigenvalue weighted by Crippen LogP contribution is -2.12. The van der Waals surface area contributed by atoms with Gasteiger partial charge in [-0.1, -0.05) is 0 Å². The quantitative estimate of drug-likeness (QED) is 0.451. The van der Waals surface area contributed by atoms with E-state index in [1.165, 1.54) is 5.57 Å². The molecule has 0 bridgehead atoms. The molecule has 44 valence electrons. The summed E-state index contributed by atoms with van der Waals surface area (Å²) >= 11 is 0. The predicted octanol–water partition coefficient (Wildman–Crippen LogP) is 0.864. The maximum absolute atomic E-state index is 4.07. The van der Waals surface area contributed by atoms with Crippen molar-refractivity contribution >= 4 is 6.34 Å². The van der Waals surface area contributed by atoms with Gasteiger partial charge in [-0.15, -0.1) is 0 Å². The summed E-state index contributed by atoms with van der Waals surface area (Å²) in [5.74, 6) is 0. The second kappa shape index (κ2) is 1.99. The molecule has 0 atom stereocenters. The molecule has 0 aliphatic carbocycles. The van der Waals surface area contributed by atoms with Gasteiger partial charge in [-0.2, -0.15) is 0 Å². The van der Waals surface area contributed by atoms with Gasteiger partial charge in [0.05, 0.1) is 12.9 Å². The molecule has 2 nitrogen and oxygen atoms in total. The van der Waals surface area contributed by atoms with E-state index >= 15 is 0 Å². The molecule has 2 heteroatoms. The summed E-state index contributed by atoms with van der Waals surface area (Å²) in [6.45, 7) is 2.94. The highest BCUT2D eigenvalue weighted by molar-refractivity contribution is 5.58. The molecule has 1 rings (SSSR count). The van der Waals surface area contributed by atoms with Crippen LogP contribution in [-0.2, 0) is 0 Å². The van der Waals surface area contributed by atoms with Crippen molar-refractivity contribution in [3.05, 3.63) is 11.8 Å². The zero-order valence-electron chi connectivity index (χ0n) is 5.26. The van der Waals surface area contributed by atoms with Gasteiger partial charge in [0.2, 0.25) is 0 Å². The molecule has 1 aliphatic rings. The SMILES string of the molecule is CC1=CN(C)C=NC1. The van der Waals surface area contributed by atoms with Crippen molar-refractivity contribution in [2.75, 3.05) is 13.6 Å². The summed E-state index contributed by atoms with van der Waals surface area (Å²) in [5, 5.41) is 0. The van der Waals surface area contributed by atoms with Crippen LogP contribution in [0.15, 0.2) is 16.8 Å². The van der Waals surface area contributed by atoms with Crippen molar-refractivity contribution in [2.24, 2.45) is 4.99 Å². The van der Waals surface area contributed by atoms with Crippen molar-refractivity contribution in [1.82, 2.24) is 4.90 Å². The molecule has 0 aromatic heterocycles. The Morgan fingerprint density at radius 3 is 2.88 bits per heavy atom. The van der Waals surface area contributed by atoms with Crippen LogP contribution in [-0.4, -0.2) is 24.8 Å². The zero-order valence-corrected chi connectivity index (χ0v) is 5.26. The van der Waals surface area contributed by atoms with E-state index in [0.717, 1.165) is 6.54 Å². The van der Waals surface area contributed by atoms with Gasteiger partial charge in [-0.25, -0.2) is 0 Å². The van der Waals surface area contributed by atoms with E-state index in [-0.39, 0.29) is 0 Å². The fraction of sp³-hybridized carbons (Fsp3) is 0.500. The van der Waals surface area contributed by atoms with Gasteiger partial charge in [-0.3, -0.25) is 4.99 Å². The Balaban J connectivity index is 2.60. The van der Waals surface area contributed by atoms with E-state index in [4.69, 9.17) is 0 Å². The third-order valence-corrected chi connectivity index (χ3v) is 1.03. The number of hydrogen-bond acceptors (Lipinski definition) is 2. The first-order valence-corrected chi connectivity index (χ1v) is 2.68. The van der Waals surface area contributed by atoms with Crippen molar-refractivity contribution in [1.29, 1.82) is 0 Å². The van der Waals surface area contributed by atoms with Crippen LogP contribution in [0.3, 0.4) is 0 Å². The van der Waals surface area contributed by atoms with Crippen molar-refractivity contribution in [3.63, 3.8) is 0 Å². The molecular weight excluding hydrogens is 100 g/mol. The lowest BCUT2D eigenvalue weighted by Gasteiger charge is -2.12. The standard InChI is InChI=1S/C6H10N2/c1-6-3-7-5-8(2)4-6/h4-5H,3H2,1-2H3. The first-order valence-electron chi connectivity index (χ1n) is 2.68. The minimum atomic E-state index is 0.865. The fourth-order valence-corrected chi connectivity index (χ4v) is 0.735. The van der Waals surface area contributed by atoms with Crippen LogP contribution in [0, 0.1) is 0 Å². The van der Waals surface area contributed by atoms with Gasteiger partial charge in [0.25, 0.3) is 0 Å². The van der Waals surface area contributed by atoms with Crippen molar-refractivity contribution in [3.8, 4) is 0 Å². The predicted molar refractivity (Wildman–Crippen MR) is 34.9 cm³/mol. The molecule has 0 amide bonds. The van der Waals surface area contributed by atoms with Crippen LogP contribution < -0.4 is 0 Å². The normalized spacial score (nSPS) is 18.8. The Morgan fingerprint density at radius 1 is 1.75 bits per heavy atom. The molecule has 0 aromatic carbocycles. The molecule has 0 saturated carbocycles. The van der Waals surface area contributed by atoms with Crippen LogP contribution in [0.5, 0.6) is 0 Å². The second-order valence-electron chi connectivity index (χ2n) is 2.10. The van der Waals surface area contributed by atoms with Gasteiger partial charge in [0.15, 0.2) is 0 Å². The number of hydrogen-bond donors (Lipinski definition) is 0. The smallest absolute Gasteiger partial charge is 0.0891 e. The van der Waals surface area contributed by atoms with Gasteiger partial charge in [-0.05, 0) is 12.5 Å². The van der Waals surface area contributed by atoms with Gasteiger partial charge in [0.1, 0.15) is 0 Å². The van der Waals surface area contributed by atoms with Gasteiger partial charge >= 0.3 is 0 Å². The van der Waals surface area contributed by atoms with Crippen LogP contribution in [0.2, 0.25) is 0 Å². The van der Waals surface area contributed by atoms with E-state index < -0.39 is 0 Å². The van der Waals surface area contributed by atoms with Crippen LogP contribution in [0.1, 0.15) is 6.92 Å². The zero-order chi connectivity index (χ0) is 5.98. The molecule has 0 saturated heterocycles. The Bertz CT molecular complexity index is 135. The highest BCUT2D eigenvalue weighted by Crippen LogP contribution is 1.98. The van der Waals surface area contributed by atoms with E-state index in [2.05, 4.69) is 18.1 Å². The van der Waals surface area contributed by atoms with Crippen LogP contribution in [0.25, 0.3) is 0 Å². The summed E-state index contributed by atoms with van der Waals surface area (Å²) in [6, 6.07) is 0. The fourth-order valence-electron chi connectivity index (χ4n) is 0.735. The van der Waals surface area contributed by atoms with Crippen LogP contribution in [0.4, 0.5) is 0 Å². The average Bonchev–Trinajstić information content (AvgIpc) is 1.64. The van der Waals surface area contributed by atoms with Crippen molar-refractivity contribution < 1.29 is 0 Å². The lowest BCUT2D eigenvalue weighted by molar-refractivity contribution is 0.680. The van der Waals surface area contributed by atoms with Crippen LogP contribution >= 0.6 is 0 Å². The molecule has 8 heavy (non-hydrogen) atoms. The molecule has 0 spiro atoms. The molecule has 1 aliphatic heterocycles. The number of rotatable bonds is 0. The van der Waals surface area contributed by atoms with Gasteiger partial charge < -0.3 is 4.90 Å². The number of aliphatic imine (C=N–C) groups is 1. The maximum Gasteiger partial charge on any atom is 0.0891 e. The summed E-state index contributed by atoms with van der Waals surface area (Å²) < 4.78 is 0. The van der Waals surface area contributed by atoms with E-state index in [1.54, 1.807) is 0 Å². The first-order chi connectivity index (χ1) is 3.79. The van der Waals surface area contributed by atoms with E-state index in [0.29, 0.717) is 0 Å². The minimum absolute atomic E-state index is 0.865. The highest BCUT2D eigenvalue weighted by Gasteiger charge is 1.93. The minimum Gasteiger partial charge on any atom is -0.342 e. The first kappa shape index (κ1) is 5.35. The molecular formula is C6H10N2. The summed E-state index contributed by atoms with van der Waals surface area (Å²) in [4.78, 5) is 6.03. The topological polar surface area (TPSA) is 15.6 Å². The molecule has 0 unspecified atom stereocenters. The average molecular weight is 110 g/mol. The molecule has 0 radical (unpaired) electrons. The Hall–Kier alpha value is -0.790. The Labute approximate surface area is 49.5 Å². The lowest BCUT2D eigenvalue weighted by atomic mass is 10.3. The second-order valence-corrected chi connectivity index (χ2v) is 2.10. The highest BCUT2D eigenvalue weighted by atomic mass is 15.1. The Kier molecular flexibility index (Phi) is 1.33. The van der Waals surface area contributed by atoms with E-state index in [9.17, 15) is 0 Å². The number of nitrogens with zero attached hydrogens (tertiary/aromatic N) is 2. The van der Waals surface area contributed by atoms with Gasteiger partial charge in [0, 0.05) is 13.2 Å². The van der Waals surface area contributed by atoms with E-state index in [1.807, 2.05) is 18.3 Å². The summed E-state index contributed by atoms with van der Waals surface area (Å²) in [7, 11) is 1.98. The third kappa shape index (κ3) is 1.09. The largest absolute Gasteiger partial charge is 0.342 e. The third-order valence-electron chi connectivity index (χ3n) is 1.03. The van der Waals surface area contributed by atoms with Crippen molar-refractivity contribution in [2.45, 2.75) is 6.92 Å². The molecule has 0 fully saturated rings. The molecule has 1 heterocycles. The monoisotopic (exact) mass is 110 g/mol. The Morgan fingerprint density at radius 2 is 2.50 bits per heavy atom. The molecule has 0 N–H and O–H groups in total. The summed E-state index contributed by atoms with van der Waals surface area (Å²) in [5.41, 5.74) is 1.31.